The summed E-state index contributed by atoms with van der Waals surface area (Å²) in [6, 6.07) is 26.5. The fourth-order valence-electron chi connectivity index (χ4n) is 11.0. The number of unbranched alkanes of at least 4 members (excludes halogenated alkanes) is 2. The lowest BCUT2D eigenvalue weighted by Crippen LogP contribution is -2.32. The zero-order chi connectivity index (χ0) is 65.1. The summed E-state index contributed by atoms with van der Waals surface area (Å²) in [5.74, 6) is 2.61. The lowest BCUT2D eigenvalue weighted by atomic mass is 9.72. The van der Waals surface area contributed by atoms with E-state index in [2.05, 4.69) is 122 Å². The molecule has 1 aliphatic carbocycles. The van der Waals surface area contributed by atoms with Gasteiger partial charge in [-0.15, -0.1) is 6.42 Å². The molecule has 4 aliphatic rings. The minimum atomic E-state index is -1.27. The first-order chi connectivity index (χ1) is 43.9. The van der Waals surface area contributed by atoms with Crippen LogP contribution in [0.15, 0.2) is 147 Å². The van der Waals surface area contributed by atoms with Gasteiger partial charge in [-0.25, -0.2) is 9.69 Å². The van der Waals surface area contributed by atoms with Gasteiger partial charge in [0.2, 0.25) is 5.70 Å². The molecule has 4 unspecified atom stereocenters. The van der Waals surface area contributed by atoms with Crippen LogP contribution >= 0.6 is 54.9 Å². The molecule has 0 aromatic heterocycles. The van der Waals surface area contributed by atoms with Crippen LogP contribution in [0.5, 0.6) is 0 Å². The maximum atomic E-state index is 13.5. The molecule has 0 N–H and O–H groups in total. The van der Waals surface area contributed by atoms with Gasteiger partial charge in [-0.1, -0.05) is 199 Å². The summed E-state index contributed by atoms with van der Waals surface area (Å²) in [7, 11) is 7.83. The van der Waals surface area contributed by atoms with Crippen LogP contribution in [-0.2, 0) is 58.6 Å². The van der Waals surface area contributed by atoms with Crippen molar-refractivity contribution in [3.63, 3.8) is 0 Å². The largest absolute Gasteiger partial charge is 0.501 e. The number of nitrogens with zero attached hydrogens (tertiary/aromatic N) is 3. The van der Waals surface area contributed by atoms with Gasteiger partial charge in [0.05, 0.1) is 39.3 Å². The first-order valence-electron chi connectivity index (χ1n) is 31.5. The Kier molecular flexibility index (Phi) is 29.3. The monoisotopic (exact) mass is 1330 g/mol. The molecule has 0 bridgehead atoms. The van der Waals surface area contributed by atoms with Crippen LogP contribution in [0.25, 0.3) is 15.8 Å². The number of thioether (sulfide) groups is 1. The molecule has 484 valence electrons. The van der Waals surface area contributed by atoms with Crippen molar-refractivity contribution in [2.45, 2.75) is 151 Å². The van der Waals surface area contributed by atoms with E-state index in [-0.39, 0.29) is 86.2 Å². The van der Waals surface area contributed by atoms with Crippen molar-refractivity contribution in [1.82, 2.24) is 0 Å². The molecule has 2 fully saturated rings. The third-order valence-corrected chi connectivity index (χ3v) is 23.3. The van der Waals surface area contributed by atoms with E-state index < -0.39 is 23.2 Å². The van der Waals surface area contributed by atoms with E-state index in [4.69, 9.17) is 48.0 Å². The minimum absolute atomic E-state index is 0.000417. The van der Waals surface area contributed by atoms with Crippen molar-refractivity contribution >= 4 is 90.6 Å². The van der Waals surface area contributed by atoms with Crippen LogP contribution in [0.1, 0.15) is 142 Å². The maximum Gasteiger partial charge on any atom is 0.338 e. The number of esters is 4. The molecule has 3 heterocycles. The number of benzene rings is 3. The third kappa shape index (κ3) is 23.1. The van der Waals surface area contributed by atoms with E-state index in [1.165, 1.54) is 40.4 Å². The average molecular weight is 1330 g/mol. The second kappa shape index (κ2) is 36.9. The number of ether oxygens (including phenoxy) is 6. The molecule has 7 rings (SSSR count). The molecular weight excluding hydrogens is 1240 g/mol. The zero-order valence-corrected chi connectivity index (χ0v) is 57.6. The standard InChI is InChI=1S/C73H87N3O10S5/c1-10-43-81-44-38-65(79)84-47-48-85-70(80)67(75-9)68-66(74-8)62(73(7,86-68)57-21-12-11-13-22-57)25-17-14-20-54-51-72(5,6)52-55(69(54)89-59-36-32-56(33-37-59)71(2,3)4)31-28-53-29-34-58(35-30-53)76(41-45-82-63(77)26-18-15-23-60-39-49-87-90-60)42-46-83-64(78)27-19-16-24-61-40-50-88-91-61/h1,11-14,17,20-22,25,28-37,54,60-61H,15-16,18-19,23-24,26-27,38-52H2,2-7H3/b20-14+,25-17+,31-28+,68-67+. The lowest BCUT2D eigenvalue weighted by Gasteiger charge is -2.37. The van der Waals surface area contributed by atoms with Gasteiger partial charge in [-0.2, -0.15) is 0 Å². The van der Waals surface area contributed by atoms with Crippen LogP contribution in [0.4, 0.5) is 5.69 Å². The summed E-state index contributed by atoms with van der Waals surface area (Å²) in [5, 5.41) is 1.38. The average Bonchev–Trinajstić information content (AvgIpc) is 1.65. The Labute approximate surface area is 560 Å². The van der Waals surface area contributed by atoms with Crippen molar-refractivity contribution in [1.29, 1.82) is 0 Å². The highest BCUT2D eigenvalue weighted by Gasteiger charge is 2.45. The first kappa shape index (κ1) is 72.3. The molecule has 0 radical (unpaired) electrons. The SMILES string of the molecule is [C-]#[N+]C1=C(/C=C/C=C/C2CC(C)(C)CC(/C=C/c3ccc(N(CCOC(=O)CCCCC4CCSS4)CCOC(=O)CCCCC4CCSS4)cc3)=C2Sc2ccc(C(C)(C)C)cc2)C(C)(c2ccccc2)O/C1=C(/[N+]#[C-])C(=O)OCCOC(=O)CCOCC#C. The van der Waals surface area contributed by atoms with Gasteiger partial charge in [0, 0.05) is 56.9 Å². The summed E-state index contributed by atoms with van der Waals surface area (Å²) in [5.41, 5.74) is 3.75. The van der Waals surface area contributed by atoms with E-state index in [0.717, 1.165) is 67.5 Å². The predicted octanol–water partition coefficient (Wildman–Crippen LogP) is 17.3. The van der Waals surface area contributed by atoms with Crippen molar-refractivity contribution in [3.8, 4) is 12.3 Å². The summed E-state index contributed by atoms with van der Waals surface area (Å²) in [6.07, 6.45) is 28.5. The van der Waals surface area contributed by atoms with Crippen molar-refractivity contribution < 1.29 is 47.6 Å². The number of allylic oxidation sites excluding steroid dienone is 6. The molecule has 0 spiro atoms. The highest BCUT2D eigenvalue weighted by molar-refractivity contribution is 8.77. The van der Waals surface area contributed by atoms with Gasteiger partial charge in [0.25, 0.3) is 5.70 Å². The van der Waals surface area contributed by atoms with Gasteiger partial charge in [-0.3, -0.25) is 19.2 Å². The van der Waals surface area contributed by atoms with E-state index in [9.17, 15) is 19.2 Å². The lowest BCUT2D eigenvalue weighted by molar-refractivity contribution is -0.150. The molecule has 18 heteroatoms. The Bertz CT molecular complexity index is 3200. The zero-order valence-electron chi connectivity index (χ0n) is 53.5. The summed E-state index contributed by atoms with van der Waals surface area (Å²) in [4.78, 5) is 63.3. The normalized spacial score (nSPS) is 20.3. The van der Waals surface area contributed by atoms with Gasteiger partial charge >= 0.3 is 23.9 Å². The minimum Gasteiger partial charge on any atom is -0.501 e. The van der Waals surface area contributed by atoms with Crippen LogP contribution in [-0.4, -0.2) is 98.6 Å². The number of rotatable bonds is 33. The molecule has 3 aliphatic heterocycles. The highest BCUT2D eigenvalue weighted by atomic mass is 33.1. The fourth-order valence-corrected chi connectivity index (χ4v) is 18.2. The summed E-state index contributed by atoms with van der Waals surface area (Å²) < 4.78 is 33.8. The van der Waals surface area contributed by atoms with Crippen LogP contribution in [0.2, 0.25) is 0 Å². The van der Waals surface area contributed by atoms with Crippen molar-refractivity contribution in [2.75, 3.05) is 69.1 Å². The number of hydrogen-bond acceptors (Lipinski definition) is 16. The van der Waals surface area contributed by atoms with Crippen LogP contribution in [0.3, 0.4) is 0 Å². The van der Waals surface area contributed by atoms with E-state index in [1.807, 2.05) is 98.7 Å². The Morgan fingerprint density at radius 2 is 1.36 bits per heavy atom. The molecule has 91 heavy (non-hydrogen) atoms. The molecule has 13 nitrogen and oxygen atoms in total. The first-order valence-corrected chi connectivity index (χ1v) is 37.1. The second-order valence-corrected chi connectivity index (χ2v) is 31.4. The molecule has 2 saturated heterocycles. The van der Waals surface area contributed by atoms with Gasteiger partial charge in [0.1, 0.15) is 44.4 Å². The Hall–Kier alpha value is -6.17. The van der Waals surface area contributed by atoms with E-state index >= 15 is 0 Å². The summed E-state index contributed by atoms with van der Waals surface area (Å²) in [6.45, 7) is 30.5. The molecular formula is C73H87N3O10S5. The third-order valence-electron chi connectivity index (χ3n) is 16.0. The second-order valence-electron chi connectivity index (χ2n) is 24.7. The van der Waals surface area contributed by atoms with Gasteiger partial charge < -0.3 is 33.3 Å². The molecule has 0 saturated carbocycles. The van der Waals surface area contributed by atoms with Gasteiger partial charge in [-0.05, 0) is 121 Å². The van der Waals surface area contributed by atoms with Crippen molar-refractivity contribution in [3.05, 3.63) is 182 Å². The van der Waals surface area contributed by atoms with E-state index in [0.29, 0.717) is 47.6 Å². The predicted molar refractivity (Wildman–Crippen MR) is 375 cm³/mol. The Morgan fingerprint density at radius 3 is 1.95 bits per heavy atom. The summed E-state index contributed by atoms with van der Waals surface area (Å²) >= 11 is 1.78. The van der Waals surface area contributed by atoms with Crippen molar-refractivity contribution in [2.24, 2.45) is 11.3 Å². The highest BCUT2D eigenvalue weighted by Crippen LogP contribution is 2.51. The molecule has 0 amide bonds. The number of anilines is 1. The van der Waals surface area contributed by atoms with E-state index in [1.54, 1.807) is 11.8 Å². The topological polar surface area (TPSA) is 136 Å². The number of carbonyl (C=O) groups is 4. The fraction of sp³-hybridized carbons (Fsp3) is 0.479. The number of terminal acetylenes is 1. The Morgan fingerprint density at radius 1 is 0.747 bits per heavy atom. The number of hydrogen-bond donors (Lipinski definition) is 0. The van der Waals surface area contributed by atoms with Crippen LogP contribution < -0.4 is 4.90 Å². The number of carbonyl (C=O) groups excluding carboxylic acids is 4. The Balaban J connectivity index is 1.11. The molecule has 3 aromatic rings. The quantitative estimate of drug-likeness (QED) is 0.00835. The van der Waals surface area contributed by atoms with Crippen LogP contribution in [0, 0.1) is 36.8 Å². The maximum absolute atomic E-state index is 13.5. The smallest absolute Gasteiger partial charge is 0.338 e. The molecule has 3 aromatic carbocycles. The van der Waals surface area contributed by atoms with Gasteiger partial charge in [0.15, 0.2) is 0 Å². The molecule has 4 atom stereocenters.